The maximum Gasteiger partial charge on any atom is 0.472 e. The molecule has 3 unspecified atom stereocenters. The van der Waals surface area contributed by atoms with Gasteiger partial charge in [-0.15, -0.1) is 0 Å². The highest BCUT2D eigenvalue weighted by molar-refractivity contribution is 7.47. The fourth-order valence-corrected chi connectivity index (χ4v) is 5.94. The van der Waals surface area contributed by atoms with Gasteiger partial charge < -0.3 is 25.2 Å². The molecule has 0 aromatic rings. The monoisotopic (exact) mass is 717 g/mol. The lowest BCUT2D eigenvalue weighted by atomic mass is 10.1. The smallest absolute Gasteiger partial charge is 0.472 e. The largest absolute Gasteiger partial charge is 0.480 e. The van der Waals surface area contributed by atoms with Crippen molar-refractivity contribution in [2.75, 3.05) is 26.4 Å². The summed E-state index contributed by atoms with van der Waals surface area (Å²) in [4.78, 5) is 33.3. The second-order valence-electron chi connectivity index (χ2n) is 13.1. The van der Waals surface area contributed by atoms with Crippen LogP contribution >= 0.6 is 7.82 Å². The number of hydrogen-bond donors (Lipinski definition) is 3. The number of esters is 1. The van der Waals surface area contributed by atoms with Crippen molar-refractivity contribution in [3.63, 3.8) is 0 Å². The zero-order valence-electron chi connectivity index (χ0n) is 31.0. The number of hydrogen-bond acceptors (Lipinski definition) is 8. The molecular weight excluding hydrogens is 645 g/mol. The number of phosphoric acid groups is 1. The van der Waals surface area contributed by atoms with Gasteiger partial charge in [-0.3, -0.25) is 18.6 Å². The number of rotatable bonds is 37. The zero-order chi connectivity index (χ0) is 36.3. The normalized spacial score (nSPS) is 14.4. The third-order valence-electron chi connectivity index (χ3n) is 8.23. The maximum atomic E-state index is 12.5. The summed E-state index contributed by atoms with van der Waals surface area (Å²) in [6.45, 7) is 3.82. The molecule has 10 nitrogen and oxygen atoms in total. The number of ether oxygens (including phenoxy) is 2. The number of nitrogens with two attached hydrogens (primary N) is 1. The Morgan fingerprint density at radius 3 is 1.67 bits per heavy atom. The summed E-state index contributed by atoms with van der Waals surface area (Å²) >= 11 is 0. The van der Waals surface area contributed by atoms with E-state index in [0.29, 0.717) is 13.0 Å². The van der Waals surface area contributed by atoms with Crippen LogP contribution in [0.2, 0.25) is 0 Å². The summed E-state index contributed by atoms with van der Waals surface area (Å²) in [5.74, 6) is -1.78. The molecule has 11 heteroatoms. The fraction of sp³-hybridized carbons (Fsp3) is 0.842. The molecule has 3 atom stereocenters. The number of aliphatic carboxylic acids is 1. The van der Waals surface area contributed by atoms with Crippen LogP contribution in [0.25, 0.3) is 0 Å². The first-order chi connectivity index (χ1) is 23.7. The van der Waals surface area contributed by atoms with Crippen LogP contribution in [-0.4, -0.2) is 60.5 Å². The van der Waals surface area contributed by atoms with E-state index in [2.05, 4.69) is 42.7 Å². The first kappa shape index (κ1) is 47.4. The molecular formula is C38H72NO9P. The molecule has 0 bridgehead atoms. The lowest BCUT2D eigenvalue weighted by Crippen LogP contribution is -2.34. The molecule has 0 fully saturated rings. The van der Waals surface area contributed by atoms with Gasteiger partial charge in [0.2, 0.25) is 0 Å². The van der Waals surface area contributed by atoms with Crippen LogP contribution in [-0.2, 0) is 32.7 Å². The number of unbranched alkanes of at least 4 members (excludes halogenated alkanes) is 19. The summed E-state index contributed by atoms with van der Waals surface area (Å²) in [5, 5.41) is 8.86. The topological polar surface area (TPSA) is 155 Å². The van der Waals surface area contributed by atoms with Crippen molar-refractivity contribution in [1.82, 2.24) is 0 Å². The molecule has 0 aliphatic carbocycles. The molecule has 0 saturated heterocycles. The Hall–Kier alpha value is -1.55. The highest BCUT2D eigenvalue weighted by Crippen LogP contribution is 2.43. The standard InChI is InChI=1S/C38H72NO9P/c1-3-5-7-9-11-13-15-16-17-18-19-20-21-23-25-27-29-31-45-32-35(33-46-49(43,44)47-34-36(39)38(41)42)48-37(40)30-28-26-24-22-14-12-10-8-6-4-2/h13,15,17-18,35-36H,3-12,14,16,19-34,39H2,1-2H3,(H,41,42)(H,43,44)/b15-13-,18-17-. The van der Waals surface area contributed by atoms with Crippen LogP contribution in [0.15, 0.2) is 24.3 Å². The summed E-state index contributed by atoms with van der Waals surface area (Å²) in [7, 11) is -4.61. The van der Waals surface area contributed by atoms with Gasteiger partial charge in [-0.2, -0.15) is 0 Å². The third kappa shape index (κ3) is 34.7. The Balaban J connectivity index is 4.27. The van der Waals surface area contributed by atoms with Crippen molar-refractivity contribution in [1.29, 1.82) is 0 Å². The summed E-state index contributed by atoms with van der Waals surface area (Å²) in [5.41, 5.74) is 5.33. The number of carbonyl (C=O) groups is 2. The predicted octanol–water partition coefficient (Wildman–Crippen LogP) is 9.97. The highest BCUT2D eigenvalue weighted by atomic mass is 31.2. The van der Waals surface area contributed by atoms with Crippen molar-refractivity contribution in [3.05, 3.63) is 24.3 Å². The van der Waals surface area contributed by atoms with Gasteiger partial charge in [0.1, 0.15) is 12.1 Å². The quantitative estimate of drug-likeness (QED) is 0.0245. The van der Waals surface area contributed by atoms with E-state index in [1.165, 1.54) is 89.9 Å². The van der Waals surface area contributed by atoms with Crippen LogP contribution in [0.1, 0.15) is 168 Å². The van der Waals surface area contributed by atoms with Gasteiger partial charge in [-0.05, 0) is 44.9 Å². The number of carboxylic acid groups (broad SMARTS) is 1. The molecule has 0 rings (SSSR count). The van der Waals surface area contributed by atoms with E-state index in [4.69, 9.17) is 24.8 Å². The highest BCUT2D eigenvalue weighted by Gasteiger charge is 2.27. The molecule has 288 valence electrons. The van der Waals surface area contributed by atoms with Gasteiger partial charge in [0.25, 0.3) is 0 Å². The van der Waals surface area contributed by atoms with Crippen molar-refractivity contribution in [3.8, 4) is 0 Å². The predicted molar refractivity (Wildman–Crippen MR) is 198 cm³/mol. The minimum Gasteiger partial charge on any atom is -0.480 e. The number of allylic oxidation sites excluding steroid dienone is 4. The zero-order valence-corrected chi connectivity index (χ0v) is 31.9. The Labute approximate surface area is 298 Å². The van der Waals surface area contributed by atoms with Gasteiger partial charge in [0, 0.05) is 13.0 Å². The van der Waals surface area contributed by atoms with Crippen molar-refractivity contribution >= 4 is 19.8 Å². The molecule has 0 spiro atoms. The van der Waals surface area contributed by atoms with Crippen molar-refractivity contribution < 1.29 is 42.7 Å². The Morgan fingerprint density at radius 2 is 1.12 bits per heavy atom. The molecule has 0 aromatic heterocycles. The number of carbonyl (C=O) groups excluding carboxylic acids is 1. The van der Waals surface area contributed by atoms with Crippen molar-refractivity contribution in [2.24, 2.45) is 5.73 Å². The van der Waals surface area contributed by atoms with Crippen LogP contribution < -0.4 is 5.73 Å². The third-order valence-corrected chi connectivity index (χ3v) is 9.18. The molecule has 0 heterocycles. The average molecular weight is 718 g/mol. The molecule has 0 aliphatic rings. The van der Waals surface area contributed by atoms with E-state index in [9.17, 15) is 19.0 Å². The van der Waals surface area contributed by atoms with E-state index in [1.807, 2.05) is 0 Å². The van der Waals surface area contributed by atoms with Gasteiger partial charge in [0.05, 0.1) is 19.8 Å². The SMILES string of the molecule is CCCCCC/C=C\C/C=C\CCCCCCCCOCC(COP(=O)(O)OCC(N)C(=O)O)OC(=O)CCCCCCCCCCCC. The molecule has 49 heavy (non-hydrogen) atoms. The Bertz CT molecular complexity index is 883. The van der Waals surface area contributed by atoms with E-state index < -0.39 is 45.1 Å². The summed E-state index contributed by atoms with van der Waals surface area (Å²) < 4.78 is 33.2. The fourth-order valence-electron chi connectivity index (χ4n) is 5.16. The Kier molecular flexibility index (Phi) is 33.8. The van der Waals surface area contributed by atoms with Crippen LogP contribution in [0.4, 0.5) is 0 Å². The molecule has 0 amide bonds. The van der Waals surface area contributed by atoms with E-state index in [0.717, 1.165) is 51.4 Å². The second kappa shape index (κ2) is 34.9. The summed E-state index contributed by atoms with van der Waals surface area (Å²) in [6, 6.07) is -1.47. The van der Waals surface area contributed by atoms with Gasteiger partial charge >= 0.3 is 19.8 Å². The van der Waals surface area contributed by atoms with Crippen molar-refractivity contribution in [2.45, 2.75) is 180 Å². The van der Waals surface area contributed by atoms with E-state index >= 15 is 0 Å². The van der Waals surface area contributed by atoms with E-state index in [-0.39, 0.29) is 13.0 Å². The molecule has 0 aromatic carbocycles. The molecule has 4 N–H and O–H groups in total. The Morgan fingerprint density at radius 1 is 0.653 bits per heavy atom. The maximum absolute atomic E-state index is 12.5. The lowest BCUT2D eigenvalue weighted by Gasteiger charge is -2.20. The van der Waals surface area contributed by atoms with Crippen LogP contribution in [0.3, 0.4) is 0 Å². The average Bonchev–Trinajstić information content (AvgIpc) is 3.07. The molecule has 0 aliphatic heterocycles. The van der Waals surface area contributed by atoms with Gasteiger partial charge in [-0.25, -0.2) is 4.57 Å². The second-order valence-corrected chi connectivity index (χ2v) is 14.5. The summed E-state index contributed by atoms with van der Waals surface area (Å²) in [6.07, 6.45) is 35.2. The van der Waals surface area contributed by atoms with Crippen LogP contribution in [0.5, 0.6) is 0 Å². The lowest BCUT2D eigenvalue weighted by molar-refractivity contribution is -0.154. The minimum absolute atomic E-state index is 0.0127. The molecule has 0 saturated carbocycles. The van der Waals surface area contributed by atoms with Gasteiger partial charge in [-0.1, -0.05) is 141 Å². The minimum atomic E-state index is -4.61. The van der Waals surface area contributed by atoms with Crippen LogP contribution in [0, 0.1) is 0 Å². The van der Waals surface area contributed by atoms with E-state index in [1.54, 1.807) is 0 Å². The molecule has 0 radical (unpaired) electrons. The number of carboxylic acids is 1. The number of phosphoric ester groups is 1. The van der Waals surface area contributed by atoms with Gasteiger partial charge in [0.15, 0.2) is 0 Å². The first-order valence-electron chi connectivity index (χ1n) is 19.4. The first-order valence-corrected chi connectivity index (χ1v) is 20.9.